The predicted octanol–water partition coefficient (Wildman–Crippen LogP) is 4.07. The minimum Gasteiger partial charge on any atom is -0.383 e. The Hall–Kier alpha value is -3.49. The smallest absolute Gasteiger partial charge is 0.253 e. The predicted molar refractivity (Wildman–Crippen MR) is 134 cm³/mol. The van der Waals surface area contributed by atoms with Gasteiger partial charge in [0.1, 0.15) is 6.10 Å². The Morgan fingerprint density at radius 3 is 2.29 bits per heavy atom. The van der Waals surface area contributed by atoms with Gasteiger partial charge in [0.2, 0.25) is 5.95 Å². The van der Waals surface area contributed by atoms with Crippen LogP contribution in [0.25, 0.3) is 11.3 Å². The van der Waals surface area contributed by atoms with Crippen molar-refractivity contribution in [2.75, 3.05) is 41.8 Å². The molecule has 1 fully saturated rings. The third-order valence-electron chi connectivity index (χ3n) is 5.67. The highest BCUT2D eigenvalue weighted by atomic mass is 16.5. The lowest BCUT2D eigenvalue weighted by Gasteiger charge is -2.28. The maximum absolute atomic E-state index is 12.2. The normalized spacial score (nSPS) is 15.0. The first-order valence-electron chi connectivity index (χ1n) is 11.4. The van der Waals surface area contributed by atoms with Gasteiger partial charge in [0.05, 0.1) is 18.9 Å². The summed E-state index contributed by atoms with van der Waals surface area (Å²) in [7, 11) is 0. The van der Waals surface area contributed by atoms with Crippen molar-refractivity contribution < 1.29 is 14.6 Å². The van der Waals surface area contributed by atoms with Crippen LogP contribution in [0.3, 0.4) is 0 Å². The van der Waals surface area contributed by atoms with Crippen LogP contribution in [-0.4, -0.2) is 53.4 Å². The number of aliphatic hydroxyl groups is 1. The van der Waals surface area contributed by atoms with E-state index >= 15 is 0 Å². The fraction of sp³-hybridized carbons (Fsp3) is 0.346. The zero-order valence-electron chi connectivity index (χ0n) is 19.8. The molecule has 0 aliphatic carbocycles. The number of aliphatic hydroxyl groups excluding tert-OH is 1. The van der Waals surface area contributed by atoms with Crippen LogP contribution in [-0.2, 0) is 9.53 Å². The number of anilines is 4. The number of morpholine rings is 1. The standard InChI is InChI=1S/C26H31N5O3/c1-26(2,3)23(32)24(33)28-19-6-4-18(5-7-19)22-12-13-27-25(30-22)29-20-8-10-21(11-9-20)31-14-16-34-17-15-31/h4-13,23,32H,14-17H2,1-3H3,(H,28,33)(H,27,29,30)/t23-/m1/s1. The van der Waals surface area contributed by atoms with Gasteiger partial charge in [-0.25, -0.2) is 9.97 Å². The number of carbonyl (C=O) groups is 1. The van der Waals surface area contributed by atoms with E-state index < -0.39 is 17.4 Å². The summed E-state index contributed by atoms with van der Waals surface area (Å²) in [5.74, 6) is 0.0794. The van der Waals surface area contributed by atoms with Gasteiger partial charge < -0.3 is 25.4 Å². The Bertz CT molecular complexity index is 1100. The minimum atomic E-state index is -1.09. The Morgan fingerprint density at radius 1 is 1.00 bits per heavy atom. The van der Waals surface area contributed by atoms with Crippen molar-refractivity contribution in [3.8, 4) is 11.3 Å². The highest BCUT2D eigenvalue weighted by Crippen LogP contribution is 2.24. The molecule has 0 saturated carbocycles. The lowest BCUT2D eigenvalue weighted by atomic mass is 9.88. The summed E-state index contributed by atoms with van der Waals surface area (Å²) in [6.45, 7) is 8.77. The van der Waals surface area contributed by atoms with Crippen LogP contribution in [0.15, 0.2) is 60.8 Å². The van der Waals surface area contributed by atoms with Crippen molar-refractivity contribution >= 4 is 28.9 Å². The number of amides is 1. The molecule has 0 radical (unpaired) electrons. The average Bonchev–Trinajstić information content (AvgIpc) is 2.84. The second-order valence-corrected chi connectivity index (χ2v) is 9.37. The number of hydrogen-bond acceptors (Lipinski definition) is 7. The summed E-state index contributed by atoms with van der Waals surface area (Å²) in [6, 6.07) is 17.4. The second-order valence-electron chi connectivity index (χ2n) is 9.37. The largest absolute Gasteiger partial charge is 0.383 e. The topological polar surface area (TPSA) is 99.6 Å². The maximum atomic E-state index is 12.2. The Balaban J connectivity index is 1.40. The lowest BCUT2D eigenvalue weighted by Crippen LogP contribution is -2.38. The molecule has 1 saturated heterocycles. The van der Waals surface area contributed by atoms with Gasteiger partial charge in [-0.2, -0.15) is 0 Å². The molecule has 1 amide bonds. The van der Waals surface area contributed by atoms with E-state index in [4.69, 9.17) is 4.74 Å². The van der Waals surface area contributed by atoms with Crippen LogP contribution in [0, 0.1) is 5.41 Å². The van der Waals surface area contributed by atoms with Crippen molar-refractivity contribution in [3.63, 3.8) is 0 Å². The summed E-state index contributed by atoms with van der Waals surface area (Å²) in [5.41, 5.74) is 3.81. The molecule has 3 N–H and O–H groups in total. The molecule has 1 aliphatic heterocycles. The van der Waals surface area contributed by atoms with Gasteiger partial charge in [-0.1, -0.05) is 32.9 Å². The molecule has 0 unspecified atom stereocenters. The molecule has 34 heavy (non-hydrogen) atoms. The summed E-state index contributed by atoms with van der Waals surface area (Å²) in [4.78, 5) is 23.5. The summed E-state index contributed by atoms with van der Waals surface area (Å²) < 4.78 is 5.42. The number of benzene rings is 2. The van der Waals surface area contributed by atoms with E-state index in [2.05, 4.69) is 37.6 Å². The molecular formula is C26H31N5O3. The number of nitrogens with one attached hydrogen (secondary N) is 2. The van der Waals surface area contributed by atoms with Crippen molar-refractivity contribution in [3.05, 3.63) is 60.8 Å². The molecule has 3 aromatic rings. The maximum Gasteiger partial charge on any atom is 0.253 e. The van der Waals surface area contributed by atoms with Gasteiger partial charge in [0.25, 0.3) is 5.91 Å². The highest BCUT2D eigenvalue weighted by molar-refractivity contribution is 5.94. The molecule has 1 aromatic heterocycles. The number of nitrogens with zero attached hydrogens (tertiary/aromatic N) is 3. The SMILES string of the molecule is CC(C)(C)[C@H](O)C(=O)Nc1ccc(-c2ccnc(Nc3ccc(N4CCOCC4)cc3)n2)cc1. The highest BCUT2D eigenvalue weighted by Gasteiger charge is 2.29. The first-order chi connectivity index (χ1) is 16.3. The van der Waals surface area contributed by atoms with E-state index in [1.54, 1.807) is 18.3 Å². The van der Waals surface area contributed by atoms with Crippen molar-refractivity contribution in [1.82, 2.24) is 9.97 Å². The van der Waals surface area contributed by atoms with Gasteiger partial charge >= 0.3 is 0 Å². The zero-order chi connectivity index (χ0) is 24.1. The zero-order valence-corrected chi connectivity index (χ0v) is 19.8. The molecule has 0 bridgehead atoms. The van der Waals surface area contributed by atoms with Crippen LogP contribution in [0.4, 0.5) is 23.0 Å². The van der Waals surface area contributed by atoms with Gasteiger partial charge in [-0.3, -0.25) is 4.79 Å². The van der Waals surface area contributed by atoms with Gasteiger partial charge in [0, 0.05) is 41.9 Å². The van der Waals surface area contributed by atoms with Crippen LogP contribution in [0.2, 0.25) is 0 Å². The van der Waals surface area contributed by atoms with E-state index in [-0.39, 0.29) is 0 Å². The van der Waals surface area contributed by atoms with E-state index in [9.17, 15) is 9.90 Å². The van der Waals surface area contributed by atoms with E-state index in [1.165, 1.54) is 5.69 Å². The van der Waals surface area contributed by atoms with E-state index in [1.807, 2.05) is 51.1 Å². The molecule has 178 valence electrons. The number of aromatic nitrogens is 2. The molecule has 8 nitrogen and oxygen atoms in total. The van der Waals surface area contributed by atoms with Crippen molar-refractivity contribution in [2.45, 2.75) is 26.9 Å². The second kappa shape index (κ2) is 10.2. The number of rotatable bonds is 6. The fourth-order valence-electron chi connectivity index (χ4n) is 3.61. The Morgan fingerprint density at radius 2 is 1.65 bits per heavy atom. The third kappa shape index (κ3) is 5.89. The van der Waals surface area contributed by atoms with Crippen LogP contribution in [0.1, 0.15) is 20.8 Å². The monoisotopic (exact) mass is 461 g/mol. The molecule has 1 atom stereocenters. The van der Waals surface area contributed by atoms with Gasteiger partial charge in [-0.05, 0) is 47.9 Å². The molecule has 1 aliphatic rings. The average molecular weight is 462 g/mol. The fourth-order valence-corrected chi connectivity index (χ4v) is 3.61. The quantitative estimate of drug-likeness (QED) is 0.509. The summed E-state index contributed by atoms with van der Waals surface area (Å²) in [6.07, 6.45) is 0.618. The molecule has 4 rings (SSSR count). The van der Waals surface area contributed by atoms with Crippen LogP contribution < -0.4 is 15.5 Å². The lowest BCUT2D eigenvalue weighted by molar-refractivity contribution is -0.129. The number of hydrogen-bond donors (Lipinski definition) is 3. The molecule has 2 heterocycles. The first kappa shape index (κ1) is 23.7. The van der Waals surface area contributed by atoms with Gasteiger partial charge in [0.15, 0.2) is 0 Å². The molecular weight excluding hydrogens is 430 g/mol. The number of carbonyl (C=O) groups excluding carboxylic acids is 1. The number of ether oxygens (including phenoxy) is 1. The van der Waals surface area contributed by atoms with E-state index in [0.717, 1.165) is 43.2 Å². The minimum absolute atomic E-state index is 0.423. The van der Waals surface area contributed by atoms with Crippen molar-refractivity contribution in [1.29, 1.82) is 0 Å². The van der Waals surface area contributed by atoms with E-state index in [0.29, 0.717) is 11.6 Å². The van der Waals surface area contributed by atoms with Gasteiger partial charge in [-0.15, -0.1) is 0 Å². The molecule has 2 aromatic carbocycles. The summed E-state index contributed by atoms with van der Waals surface area (Å²) in [5, 5.41) is 16.2. The first-order valence-corrected chi connectivity index (χ1v) is 11.4. The van der Waals surface area contributed by atoms with Crippen molar-refractivity contribution in [2.24, 2.45) is 5.41 Å². The van der Waals surface area contributed by atoms with Crippen LogP contribution >= 0.6 is 0 Å². The Kier molecular flexibility index (Phi) is 7.09. The van der Waals surface area contributed by atoms with Crippen LogP contribution in [0.5, 0.6) is 0 Å². The molecule has 8 heteroatoms. The Labute approximate surface area is 200 Å². The summed E-state index contributed by atoms with van der Waals surface area (Å²) >= 11 is 0. The third-order valence-corrected chi connectivity index (χ3v) is 5.67. The molecule has 0 spiro atoms.